The number of guanidine groups is 1. The zero-order valence-corrected chi connectivity index (χ0v) is 19.0. The van der Waals surface area contributed by atoms with E-state index in [1.54, 1.807) is 21.3 Å². The summed E-state index contributed by atoms with van der Waals surface area (Å²) in [6, 6.07) is 4.13. The second kappa shape index (κ2) is 13.0. The molecule has 1 atom stereocenters. The van der Waals surface area contributed by atoms with Crippen LogP contribution in [-0.4, -0.2) is 59.7 Å². The number of nitrogens with zero attached hydrogens (tertiary/aromatic N) is 1. The predicted octanol–water partition coefficient (Wildman–Crippen LogP) is 2.35. The number of hydrogen-bond acceptors (Lipinski definition) is 5. The van der Waals surface area contributed by atoms with Gasteiger partial charge in [-0.2, -0.15) is 0 Å². The molecule has 27 heavy (non-hydrogen) atoms. The van der Waals surface area contributed by atoms with E-state index in [-0.39, 0.29) is 30.1 Å². The highest BCUT2D eigenvalue weighted by Gasteiger charge is 2.21. The molecule has 8 heteroatoms. The molecule has 0 saturated carbocycles. The number of fused-ring (bicyclic) bond motifs is 1. The minimum Gasteiger partial charge on any atom is -0.496 e. The van der Waals surface area contributed by atoms with Crippen molar-refractivity contribution in [3.63, 3.8) is 0 Å². The van der Waals surface area contributed by atoms with Gasteiger partial charge in [0.25, 0.3) is 0 Å². The Hall–Kier alpha value is -1.26. The Kier molecular flexibility index (Phi) is 11.5. The van der Waals surface area contributed by atoms with Gasteiger partial charge in [0.15, 0.2) is 5.96 Å². The van der Waals surface area contributed by atoms with E-state index in [1.165, 1.54) is 5.56 Å². The molecule has 0 bridgehead atoms. The summed E-state index contributed by atoms with van der Waals surface area (Å²) >= 11 is 0. The quantitative estimate of drug-likeness (QED) is 0.226. The summed E-state index contributed by atoms with van der Waals surface area (Å²) in [6.07, 6.45) is 2.05. The van der Waals surface area contributed by atoms with Crippen molar-refractivity contribution >= 4 is 29.9 Å². The molecule has 0 fully saturated rings. The molecule has 0 amide bonds. The molecule has 0 saturated heterocycles. The van der Waals surface area contributed by atoms with Crippen LogP contribution in [0.2, 0.25) is 0 Å². The van der Waals surface area contributed by atoms with Gasteiger partial charge in [-0.05, 0) is 25.5 Å². The SMILES string of the molecule is CN=C(NCCCOCCOC)NCc1cc2c(cc1OC)CC(C)O2.I. The van der Waals surface area contributed by atoms with Crippen molar-refractivity contribution in [3.8, 4) is 11.5 Å². The summed E-state index contributed by atoms with van der Waals surface area (Å²) < 4.78 is 21.8. The predicted molar refractivity (Wildman–Crippen MR) is 118 cm³/mol. The third-order valence-corrected chi connectivity index (χ3v) is 4.16. The third kappa shape index (κ3) is 7.71. The molecule has 1 aliphatic heterocycles. The Morgan fingerprint density at radius 2 is 2.04 bits per heavy atom. The summed E-state index contributed by atoms with van der Waals surface area (Å²) in [7, 11) is 5.12. The summed E-state index contributed by atoms with van der Waals surface area (Å²) in [5.74, 6) is 2.57. The van der Waals surface area contributed by atoms with Crippen LogP contribution in [0.1, 0.15) is 24.5 Å². The van der Waals surface area contributed by atoms with E-state index < -0.39 is 0 Å². The van der Waals surface area contributed by atoms with E-state index in [4.69, 9.17) is 18.9 Å². The van der Waals surface area contributed by atoms with Crippen molar-refractivity contribution in [2.24, 2.45) is 4.99 Å². The lowest BCUT2D eigenvalue weighted by Gasteiger charge is -2.15. The van der Waals surface area contributed by atoms with Crippen LogP contribution in [0.25, 0.3) is 0 Å². The molecule has 0 radical (unpaired) electrons. The lowest BCUT2D eigenvalue weighted by Crippen LogP contribution is -2.37. The van der Waals surface area contributed by atoms with Crippen molar-refractivity contribution < 1.29 is 18.9 Å². The minimum atomic E-state index is 0. The zero-order valence-electron chi connectivity index (χ0n) is 16.7. The van der Waals surface area contributed by atoms with Gasteiger partial charge in [0, 0.05) is 51.4 Å². The van der Waals surface area contributed by atoms with Gasteiger partial charge in [0.2, 0.25) is 0 Å². The maximum Gasteiger partial charge on any atom is 0.191 e. The Morgan fingerprint density at radius 1 is 1.22 bits per heavy atom. The normalized spacial score (nSPS) is 15.6. The van der Waals surface area contributed by atoms with Crippen LogP contribution < -0.4 is 20.1 Å². The molecule has 1 unspecified atom stereocenters. The molecular weight excluding hydrogens is 461 g/mol. The van der Waals surface area contributed by atoms with Crippen LogP contribution in [0, 0.1) is 0 Å². The lowest BCUT2D eigenvalue weighted by molar-refractivity contribution is 0.0698. The van der Waals surface area contributed by atoms with Crippen LogP contribution in [0.5, 0.6) is 11.5 Å². The number of methoxy groups -OCH3 is 2. The highest BCUT2D eigenvalue weighted by molar-refractivity contribution is 14.0. The third-order valence-electron chi connectivity index (χ3n) is 4.16. The van der Waals surface area contributed by atoms with Crippen LogP contribution in [0.4, 0.5) is 0 Å². The van der Waals surface area contributed by atoms with Gasteiger partial charge < -0.3 is 29.6 Å². The standard InChI is InChI=1S/C19H31N3O4.HI/c1-14-10-15-11-17(24-4)16(12-18(15)26-14)13-22-19(20-2)21-6-5-7-25-9-8-23-3;/h11-12,14H,5-10,13H2,1-4H3,(H2,20,21,22);1H. The van der Waals surface area contributed by atoms with Gasteiger partial charge >= 0.3 is 0 Å². The van der Waals surface area contributed by atoms with E-state index >= 15 is 0 Å². The van der Waals surface area contributed by atoms with Crippen LogP contribution in [0.15, 0.2) is 17.1 Å². The molecule has 1 aromatic carbocycles. The summed E-state index contributed by atoms with van der Waals surface area (Å²) in [5.41, 5.74) is 2.25. The average molecular weight is 493 g/mol. The second-order valence-electron chi connectivity index (χ2n) is 6.22. The van der Waals surface area contributed by atoms with Gasteiger partial charge in [0.05, 0.1) is 20.3 Å². The Balaban J connectivity index is 0.00000364. The first-order valence-corrected chi connectivity index (χ1v) is 9.05. The van der Waals surface area contributed by atoms with Gasteiger partial charge in [-0.1, -0.05) is 0 Å². The minimum absolute atomic E-state index is 0. The number of aliphatic imine (C=N–C) groups is 1. The fourth-order valence-electron chi connectivity index (χ4n) is 2.83. The first-order chi connectivity index (χ1) is 12.7. The first-order valence-electron chi connectivity index (χ1n) is 9.05. The van der Waals surface area contributed by atoms with Crippen molar-refractivity contribution in [2.45, 2.75) is 32.4 Å². The smallest absolute Gasteiger partial charge is 0.191 e. The number of rotatable bonds is 10. The highest BCUT2D eigenvalue weighted by Crippen LogP contribution is 2.34. The van der Waals surface area contributed by atoms with Gasteiger partial charge in [-0.3, -0.25) is 4.99 Å². The number of ether oxygens (including phenoxy) is 4. The maximum absolute atomic E-state index is 5.85. The van der Waals surface area contributed by atoms with Crippen molar-refractivity contribution in [2.75, 3.05) is 47.6 Å². The fourth-order valence-corrected chi connectivity index (χ4v) is 2.83. The van der Waals surface area contributed by atoms with E-state index in [0.717, 1.165) is 42.4 Å². The molecular formula is C19H32IN3O4. The van der Waals surface area contributed by atoms with E-state index in [9.17, 15) is 0 Å². The molecule has 0 aromatic heterocycles. The monoisotopic (exact) mass is 493 g/mol. The molecule has 2 rings (SSSR count). The Bertz CT molecular complexity index is 599. The maximum atomic E-state index is 5.85. The first kappa shape index (κ1) is 23.8. The average Bonchev–Trinajstić information content (AvgIpc) is 3.01. The van der Waals surface area contributed by atoms with E-state index in [0.29, 0.717) is 26.4 Å². The summed E-state index contributed by atoms with van der Waals surface area (Å²) in [6.45, 7) is 5.42. The number of nitrogens with one attached hydrogen (secondary N) is 2. The van der Waals surface area contributed by atoms with Gasteiger partial charge in [-0.15, -0.1) is 24.0 Å². The lowest BCUT2D eigenvalue weighted by atomic mass is 10.1. The molecule has 7 nitrogen and oxygen atoms in total. The summed E-state index contributed by atoms with van der Waals surface area (Å²) in [5, 5.41) is 6.60. The highest BCUT2D eigenvalue weighted by atomic mass is 127. The topological polar surface area (TPSA) is 73.3 Å². The largest absolute Gasteiger partial charge is 0.496 e. The van der Waals surface area contributed by atoms with Crippen molar-refractivity contribution in [1.82, 2.24) is 10.6 Å². The molecule has 0 spiro atoms. The molecule has 2 N–H and O–H groups in total. The zero-order chi connectivity index (χ0) is 18.8. The number of hydrogen-bond donors (Lipinski definition) is 2. The fraction of sp³-hybridized carbons (Fsp3) is 0.632. The van der Waals surface area contributed by atoms with Crippen molar-refractivity contribution in [3.05, 3.63) is 23.3 Å². The molecule has 1 aliphatic rings. The molecule has 1 aromatic rings. The van der Waals surface area contributed by atoms with Gasteiger partial charge in [0.1, 0.15) is 17.6 Å². The Morgan fingerprint density at radius 3 is 2.74 bits per heavy atom. The molecule has 1 heterocycles. The van der Waals surface area contributed by atoms with Crippen LogP contribution in [-0.2, 0) is 22.4 Å². The van der Waals surface area contributed by atoms with Crippen LogP contribution >= 0.6 is 24.0 Å². The van der Waals surface area contributed by atoms with Crippen molar-refractivity contribution in [1.29, 1.82) is 0 Å². The van der Waals surface area contributed by atoms with Gasteiger partial charge in [-0.25, -0.2) is 0 Å². The molecule has 0 aliphatic carbocycles. The van der Waals surface area contributed by atoms with E-state index in [2.05, 4.69) is 34.7 Å². The summed E-state index contributed by atoms with van der Waals surface area (Å²) in [4.78, 5) is 4.25. The van der Waals surface area contributed by atoms with Crippen LogP contribution in [0.3, 0.4) is 0 Å². The number of benzene rings is 1. The Labute approximate surface area is 179 Å². The molecule has 154 valence electrons. The second-order valence-corrected chi connectivity index (χ2v) is 6.22. The van der Waals surface area contributed by atoms with E-state index in [1.807, 2.05) is 0 Å². The number of halogens is 1.